The molecule has 0 radical (unpaired) electrons. The van der Waals surface area contributed by atoms with Crippen LogP contribution in [0.5, 0.6) is 0 Å². The maximum absolute atomic E-state index is 13.3. The van der Waals surface area contributed by atoms with Gasteiger partial charge in [-0.25, -0.2) is 13.4 Å². The molecule has 3 rings (SSSR count). The lowest BCUT2D eigenvalue weighted by atomic mass is 10.2. The van der Waals surface area contributed by atoms with Crippen molar-refractivity contribution < 1.29 is 13.2 Å². The first-order valence-corrected chi connectivity index (χ1v) is 12.0. The van der Waals surface area contributed by atoms with Crippen molar-refractivity contribution in [2.45, 2.75) is 11.8 Å². The standard InChI is InChI=1S/C20H22ClN3O3S2.ClH/c1-13-5-10-16(21)18-17(13)22-20(28-18)24(12-11-23(2)3)19(25)14-6-8-15(9-7-14)29(4,26)27;/h5-10H,11-12H2,1-4H3;1H. The van der Waals surface area contributed by atoms with Crippen LogP contribution in [0.4, 0.5) is 5.13 Å². The van der Waals surface area contributed by atoms with Crippen molar-refractivity contribution in [1.82, 2.24) is 9.88 Å². The molecule has 162 valence electrons. The summed E-state index contributed by atoms with van der Waals surface area (Å²) in [5, 5.41) is 1.17. The van der Waals surface area contributed by atoms with Crippen LogP contribution in [0.3, 0.4) is 0 Å². The lowest BCUT2D eigenvalue weighted by Gasteiger charge is -2.22. The summed E-state index contributed by atoms with van der Waals surface area (Å²) in [4.78, 5) is 21.7. The van der Waals surface area contributed by atoms with E-state index in [0.29, 0.717) is 28.8 Å². The number of hydrogen-bond donors (Lipinski definition) is 0. The van der Waals surface area contributed by atoms with Gasteiger partial charge in [0.15, 0.2) is 15.0 Å². The molecule has 30 heavy (non-hydrogen) atoms. The molecule has 10 heteroatoms. The lowest BCUT2D eigenvalue weighted by Crippen LogP contribution is -2.36. The van der Waals surface area contributed by atoms with Crippen molar-refractivity contribution in [1.29, 1.82) is 0 Å². The van der Waals surface area contributed by atoms with Crippen molar-refractivity contribution in [3.8, 4) is 0 Å². The van der Waals surface area contributed by atoms with Crippen LogP contribution >= 0.6 is 35.3 Å². The third-order valence-corrected chi connectivity index (χ3v) is 7.13. The van der Waals surface area contributed by atoms with Gasteiger partial charge < -0.3 is 4.90 Å². The monoisotopic (exact) mass is 487 g/mol. The van der Waals surface area contributed by atoms with E-state index in [0.717, 1.165) is 22.0 Å². The molecular formula is C20H23Cl2N3O3S2. The van der Waals surface area contributed by atoms with E-state index in [1.165, 1.54) is 35.6 Å². The number of carbonyl (C=O) groups excluding carboxylic acids is 1. The zero-order chi connectivity index (χ0) is 21.3. The summed E-state index contributed by atoms with van der Waals surface area (Å²) in [7, 11) is 0.544. The molecule has 0 aliphatic carbocycles. The Labute approximate surface area is 191 Å². The first kappa shape index (κ1) is 24.6. The lowest BCUT2D eigenvalue weighted by molar-refractivity contribution is 0.0985. The highest BCUT2D eigenvalue weighted by Crippen LogP contribution is 2.36. The number of amides is 1. The maximum atomic E-state index is 13.3. The number of aromatic nitrogens is 1. The highest BCUT2D eigenvalue weighted by atomic mass is 35.5. The number of benzene rings is 2. The van der Waals surface area contributed by atoms with Crippen LogP contribution in [0.1, 0.15) is 15.9 Å². The van der Waals surface area contributed by atoms with Crippen LogP contribution in [-0.4, -0.2) is 57.6 Å². The molecule has 0 atom stereocenters. The molecule has 0 unspecified atom stereocenters. The highest BCUT2D eigenvalue weighted by Gasteiger charge is 2.23. The van der Waals surface area contributed by atoms with Gasteiger partial charge in [0, 0.05) is 24.9 Å². The van der Waals surface area contributed by atoms with Crippen LogP contribution in [-0.2, 0) is 9.84 Å². The molecule has 0 aliphatic rings. The minimum Gasteiger partial charge on any atom is -0.308 e. The van der Waals surface area contributed by atoms with Gasteiger partial charge >= 0.3 is 0 Å². The molecule has 0 bridgehead atoms. The zero-order valence-corrected chi connectivity index (χ0v) is 20.3. The van der Waals surface area contributed by atoms with E-state index >= 15 is 0 Å². The molecule has 3 aromatic rings. The quantitative estimate of drug-likeness (QED) is 0.518. The second-order valence-electron chi connectivity index (χ2n) is 7.10. The third kappa shape index (κ3) is 5.31. The minimum atomic E-state index is -3.32. The predicted molar refractivity (Wildman–Crippen MR) is 126 cm³/mol. The fraction of sp³-hybridized carbons (Fsp3) is 0.300. The van der Waals surface area contributed by atoms with Crippen LogP contribution in [0.15, 0.2) is 41.3 Å². The number of rotatable bonds is 6. The molecule has 2 aromatic carbocycles. The van der Waals surface area contributed by atoms with Gasteiger partial charge in [0.1, 0.15) is 0 Å². The Kier molecular flexibility index (Phi) is 7.87. The van der Waals surface area contributed by atoms with Gasteiger partial charge in [-0.3, -0.25) is 9.69 Å². The number of sulfone groups is 1. The highest BCUT2D eigenvalue weighted by molar-refractivity contribution is 7.90. The zero-order valence-electron chi connectivity index (χ0n) is 17.0. The number of hydrogen-bond acceptors (Lipinski definition) is 6. The van der Waals surface area contributed by atoms with Gasteiger partial charge in [-0.1, -0.05) is 29.0 Å². The Morgan fingerprint density at radius 3 is 2.27 bits per heavy atom. The number of thiazole rings is 1. The number of anilines is 1. The maximum Gasteiger partial charge on any atom is 0.260 e. The summed E-state index contributed by atoms with van der Waals surface area (Å²) in [6.07, 6.45) is 1.14. The number of nitrogens with zero attached hydrogens (tertiary/aromatic N) is 3. The van der Waals surface area contributed by atoms with E-state index < -0.39 is 9.84 Å². The molecule has 1 heterocycles. The molecule has 1 amide bonds. The summed E-state index contributed by atoms with van der Waals surface area (Å²) in [5.74, 6) is -0.236. The fourth-order valence-electron chi connectivity index (χ4n) is 2.79. The van der Waals surface area contributed by atoms with Crippen molar-refractivity contribution in [2.24, 2.45) is 0 Å². The predicted octanol–water partition coefficient (Wildman–Crippen LogP) is 4.29. The summed E-state index contributed by atoms with van der Waals surface area (Å²) in [5.41, 5.74) is 2.18. The smallest absolute Gasteiger partial charge is 0.260 e. The van der Waals surface area contributed by atoms with E-state index in [4.69, 9.17) is 11.6 Å². The van der Waals surface area contributed by atoms with Crippen molar-refractivity contribution in [2.75, 3.05) is 38.3 Å². The van der Waals surface area contributed by atoms with Gasteiger partial charge in [-0.05, 0) is 56.9 Å². The number of fused-ring (bicyclic) bond motifs is 1. The molecule has 0 saturated heterocycles. The van der Waals surface area contributed by atoms with Gasteiger partial charge in [0.2, 0.25) is 0 Å². The number of halogens is 2. The Hall–Kier alpha value is -1.71. The summed E-state index contributed by atoms with van der Waals surface area (Å²) >= 11 is 7.71. The second-order valence-corrected chi connectivity index (χ2v) is 10.5. The minimum absolute atomic E-state index is 0. The first-order chi connectivity index (χ1) is 13.6. The van der Waals surface area contributed by atoms with E-state index in [-0.39, 0.29) is 23.2 Å². The topological polar surface area (TPSA) is 70.6 Å². The summed E-state index contributed by atoms with van der Waals surface area (Å²) < 4.78 is 24.2. The van der Waals surface area contributed by atoms with Crippen LogP contribution in [0.2, 0.25) is 5.02 Å². The molecular weight excluding hydrogens is 465 g/mol. The molecule has 6 nitrogen and oxygen atoms in total. The van der Waals surface area contributed by atoms with E-state index in [9.17, 15) is 13.2 Å². The fourth-order valence-corrected chi connectivity index (χ4v) is 4.76. The average molecular weight is 488 g/mol. The molecule has 1 aromatic heterocycles. The van der Waals surface area contributed by atoms with Crippen LogP contribution in [0.25, 0.3) is 10.2 Å². The Bertz CT molecular complexity index is 1120. The molecule has 0 spiro atoms. The normalized spacial score (nSPS) is 11.5. The molecule has 0 saturated carbocycles. The van der Waals surface area contributed by atoms with Gasteiger partial charge in [0.05, 0.1) is 20.1 Å². The Balaban J connectivity index is 0.00000320. The van der Waals surface area contributed by atoms with E-state index in [2.05, 4.69) is 4.98 Å². The molecule has 0 fully saturated rings. The first-order valence-electron chi connectivity index (χ1n) is 8.90. The van der Waals surface area contributed by atoms with Gasteiger partial charge in [-0.2, -0.15) is 0 Å². The summed E-state index contributed by atoms with van der Waals surface area (Å²) in [6, 6.07) is 9.71. The third-order valence-electron chi connectivity index (χ3n) is 4.46. The van der Waals surface area contributed by atoms with Crippen LogP contribution < -0.4 is 4.90 Å². The van der Waals surface area contributed by atoms with Gasteiger partial charge in [-0.15, -0.1) is 12.4 Å². The largest absolute Gasteiger partial charge is 0.308 e. The van der Waals surface area contributed by atoms with E-state index in [1.54, 1.807) is 4.90 Å². The number of aryl methyl sites for hydroxylation is 1. The SMILES string of the molecule is Cc1ccc(Cl)c2sc(N(CCN(C)C)C(=O)c3ccc(S(C)(=O)=O)cc3)nc12.Cl. The second kappa shape index (κ2) is 9.62. The Morgan fingerprint density at radius 1 is 1.10 bits per heavy atom. The molecule has 0 N–H and O–H groups in total. The average Bonchev–Trinajstić information content (AvgIpc) is 3.10. The van der Waals surface area contributed by atoms with Crippen molar-refractivity contribution >= 4 is 66.4 Å². The number of carbonyl (C=O) groups is 1. The summed E-state index contributed by atoms with van der Waals surface area (Å²) in [6.45, 7) is 3.05. The van der Waals surface area contributed by atoms with Gasteiger partial charge in [0.25, 0.3) is 5.91 Å². The Morgan fingerprint density at radius 2 is 1.73 bits per heavy atom. The van der Waals surface area contributed by atoms with Crippen LogP contribution in [0, 0.1) is 6.92 Å². The van der Waals surface area contributed by atoms with Crippen molar-refractivity contribution in [3.05, 3.63) is 52.5 Å². The molecule has 0 aliphatic heterocycles. The number of likely N-dealkylation sites (N-methyl/N-ethyl adjacent to an activating group) is 1. The van der Waals surface area contributed by atoms with Crippen molar-refractivity contribution in [3.63, 3.8) is 0 Å². The van der Waals surface area contributed by atoms with E-state index in [1.807, 2.05) is 38.1 Å².